The first-order valence-corrected chi connectivity index (χ1v) is 5.69. The van der Waals surface area contributed by atoms with Crippen LogP contribution in [0.2, 0.25) is 0 Å². The van der Waals surface area contributed by atoms with Crippen molar-refractivity contribution < 1.29 is 0 Å². The third-order valence-corrected chi connectivity index (χ3v) is 2.82. The SMILES string of the molecule is Nc1cnc2ccccc2c1NCc1cnc[nH]1. The minimum absolute atomic E-state index is 0.646. The van der Waals surface area contributed by atoms with Gasteiger partial charge in [0.2, 0.25) is 0 Å². The van der Waals surface area contributed by atoms with E-state index in [2.05, 4.69) is 20.3 Å². The van der Waals surface area contributed by atoms with Crippen LogP contribution in [0.15, 0.2) is 43.0 Å². The smallest absolute Gasteiger partial charge is 0.0922 e. The standard InChI is InChI=1S/C13H13N5/c14-11-7-16-12-4-2-1-3-10(12)13(11)17-6-9-5-15-8-18-9/h1-5,7-8H,6,14H2,(H,15,18)(H,16,17). The molecule has 0 unspecified atom stereocenters. The second kappa shape index (κ2) is 4.37. The van der Waals surface area contributed by atoms with E-state index in [0.717, 1.165) is 22.3 Å². The van der Waals surface area contributed by atoms with Gasteiger partial charge in [-0.25, -0.2) is 4.98 Å². The number of nitrogen functional groups attached to an aromatic ring is 1. The van der Waals surface area contributed by atoms with Crippen molar-refractivity contribution in [3.8, 4) is 0 Å². The molecular weight excluding hydrogens is 226 g/mol. The minimum atomic E-state index is 0.646. The number of nitrogens with zero attached hydrogens (tertiary/aromatic N) is 2. The molecule has 0 amide bonds. The van der Waals surface area contributed by atoms with E-state index in [4.69, 9.17) is 5.73 Å². The predicted octanol–water partition coefficient (Wildman–Crippen LogP) is 2.15. The Hall–Kier alpha value is -2.56. The van der Waals surface area contributed by atoms with E-state index in [-0.39, 0.29) is 0 Å². The van der Waals surface area contributed by atoms with E-state index in [1.54, 1.807) is 18.7 Å². The topological polar surface area (TPSA) is 79.6 Å². The Morgan fingerprint density at radius 2 is 2.11 bits per heavy atom. The molecule has 0 aliphatic carbocycles. The van der Waals surface area contributed by atoms with Gasteiger partial charge in [-0.3, -0.25) is 4.98 Å². The molecule has 5 nitrogen and oxygen atoms in total. The van der Waals surface area contributed by atoms with Crippen molar-refractivity contribution in [2.75, 3.05) is 11.1 Å². The minimum Gasteiger partial charge on any atom is -0.396 e. The summed E-state index contributed by atoms with van der Waals surface area (Å²) < 4.78 is 0. The second-order valence-electron chi connectivity index (χ2n) is 4.04. The van der Waals surface area contributed by atoms with Crippen LogP contribution in [0.3, 0.4) is 0 Å². The zero-order chi connectivity index (χ0) is 12.4. The van der Waals surface area contributed by atoms with Crippen molar-refractivity contribution in [2.45, 2.75) is 6.54 Å². The van der Waals surface area contributed by atoms with Crippen molar-refractivity contribution in [3.05, 3.63) is 48.7 Å². The van der Waals surface area contributed by atoms with E-state index in [0.29, 0.717) is 12.2 Å². The van der Waals surface area contributed by atoms with E-state index in [1.807, 2.05) is 24.3 Å². The number of rotatable bonds is 3. The Balaban J connectivity index is 1.97. The molecule has 0 saturated heterocycles. The lowest BCUT2D eigenvalue weighted by molar-refractivity contribution is 1.08. The third kappa shape index (κ3) is 1.86. The molecule has 1 aromatic carbocycles. The molecule has 4 N–H and O–H groups in total. The number of fused-ring (bicyclic) bond motifs is 1. The van der Waals surface area contributed by atoms with Gasteiger partial charge < -0.3 is 16.0 Å². The fourth-order valence-electron chi connectivity index (χ4n) is 1.92. The highest BCUT2D eigenvalue weighted by Crippen LogP contribution is 2.27. The number of benzene rings is 1. The molecular formula is C13H13N5. The highest BCUT2D eigenvalue weighted by molar-refractivity contribution is 5.96. The van der Waals surface area contributed by atoms with Crippen molar-refractivity contribution in [2.24, 2.45) is 0 Å². The van der Waals surface area contributed by atoms with E-state index >= 15 is 0 Å². The highest BCUT2D eigenvalue weighted by atomic mass is 15.0. The molecule has 2 heterocycles. The van der Waals surface area contributed by atoms with E-state index < -0.39 is 0 Å². The lowest BCUT2D eigenvalue weighted by atomic mass is 10.1. The quantitative estimate of drug-likeness (QED) is 0.654. The van der Waals surface area contributed by atoms with Crippen molar-refractivity contribution in [1.82, 2.24) is 15.0 Å². The molecule has 18 heavy (non-hydrogen) atoms. The second-order valence-corrected chi connectivity index (χ2v) is 4.04. The average molecular weight is 239 g/mol. The predicted molar refractivity (Wildman–Crippen MR) is 72.1 cm³/mol. The summed E-state index contributed by atoms with van der Waals surface area (Å²) in [7, 11) is 0. The summed E-state index contributed by atoms with van der Waals surface area (Å²) in [5.74, 6) is 0. The first-order chi connectivity index (χ1) is 8.84. The molecule has 3 rings (SSSR count). The van der Waals surface area contributed by atoms with Crippen LogP contribution in [0.25, 0.3) is 10.9 Å². The summed E-state index contributed by atoms with van der Waals surface area (Å²) in [5.41, 5.74) is 9.47. The largest absolute Gasteiger partial charge is 0.396 e. The number of aromatic nitrogens is 3. The number of H-pyrrole nitrogens is 1. The van der Waals surface area contributed by atoms with Crippen LogP contribution in [0, 0.1) is 0 Å². The molecule has 3 aromatic rings. The molecule has 0 spiro atoms. The number of pyridine rings is 1. The first kappa shape index (κ1) is 10.6. The number of hydrogen-bond acceptors (Lipinski definition) is 4. The number of nitrogens with two attached hydrogens (primary N) is 1. The van der Waals surface area contributed by atoms with Crippen molar-refractivity contribution in [3.63, 3.8) is 0 Å². The molecule has 0 saturated carbocycles. The van der Waals surface area contributed by atoms with Crippen molar-refractivity contribution >= 4 is 22.3 Å². The van der Waals surface area contributed by atoms with Gasteiger partial charge in [-0.05, 0) is 6.07 Å². The van der Waals surface area contributed by atoms with Gasteiger partial charge in [0.05, 0.1) is 41.7 Å². The summed E-state index contributed by atoms with van der Waals surface area (Å²) in [6.07, 6.45) is 5.12. The maximum absolute atomic E-state index is 5.98. The lowest BCUT2D eigenvalue weighted by Gasteiger charge is -2.11. The fourth-order valence-corrected chi connectivity index (χ4v) is 1.92. The maximum atomic E-state index is 5.98. The number of nitrogens with one attached hydrogen (secondary N) is 2. The van der Waals surface area contributed by atoms with Crippen molar-refractivity contribution in [1.29, 1.82) is 0 Å². The Labute approximate surface area is 104 Å². The lowest BCUT2D eigenvalue weighted by Crippen LogP contribution is -2.04. The normalized spacial score (nSPS) is 10.7. The number of hydrogen-bond donors (Lipinski definition) is 3. The van der Waals surface area contributed by atoms with Crippen LogP contribution >= 0.6 is 0 Å². The van der Waals surface area contributed by atoms with E-state index in [9.17, 15) is 0 Å². The Bertz CT molecular complexity index is 660. The maximum Gasteiger partial charge on any atom is 0.0922 e. The third-order valence-electron chi connectivity index (χ3n) is 2.82. The summed E-state index contributed by atoms with van der Waals surface area (Å²) in [6.45, 7) is 0.651. The van der Waals surface area contributed by atoms with Gasteiger partial charge >= 0.3 is 0 Å². The monoisotopic (exact) mass is 239 g/mol. The fraction of sp³-hybridized carbons (Fsp3) is 0.0769. The van der Waals surface area contributed by atoms with Gasteiger partial charge in [0, 0.05) is 11.6 Å². The first-order valence-electron chi connectivity index (χ1n) is 5.69. The van der Waals surface area contributed by atoms with Gasteiger partial charge in [-0.15, -0.1) is 0 Å². The molecule has 2 aromatic heterocycles. The zero-order valence-corrected chi connectivity index (χ0v) is 9.72. The number of para-hydroxylation sites is 1. The molecule has 0 bridgehead atoms. The van der Waals surface area contributed by atoms with Crippen LogP contribution in [0.4, 0.5) is 11.4 Å². The number of imidazole rings is 1. The summed E-state index contributed by atoms with van der Waals surface area (Å²) in [6, 6.07) is 7.92. The molecule has 0 atom stereocenters. The molecule has 0 aliphatic rings. The Kier molecular flexibility index (Phi) is 2.57. The molecule has 0 radical (unpaired) electrons. The van der Waals surface area contributed by atoms with E-state index in [1.165, 1.54) is 0 Å². The highest BCUT2D eigenvalue weighted by Gasteiger charge is 2.06. The average Bonchev–Trinajstić information content (AvgIpc) is 2.91. The van der Waals surface area contributed by atoms with Crippen LogP contribution < -0.4 is 11.1 Å². The molecule has 90 valence electrons. The Morgan fingerprint density at radius 1 is 1.22 bits per heavy atom. The summed E-state index contributed by atoms with van der Waals surface area (Å²) in [4.78, 5) is 11.3. The van der Waals surface area contributed by atoms with Crippen LogP contribution in [0.1, 0.15) is 5.69 Å². The van der Waals surface area contributed by atoms with Crippen LogP contribution in [0.5, 0.6) is 0 Å². The number of aromatic amines is 1. The van der Waals surface area contributed by atoms with Gasteiger partial charge in [-0.2, -0.15) is 0 Å². The Morgan fingerprint density at radius 3 is 2.94 bits per heavy atom. The molecule has 5 heteroatoms. The van der Waals surface area contributed by atoms with Crippen LogP contribution in [-0.2, 0) is 6.54 Å². The summed E-state index contributed by atoms with van der Waals surface area (Å²) >= 11 is 0. The summed E-state index contributed by atoms with van der Waals surface area (Å²) in [5, 5.41) is 4.35. The van der Waals surface area contributed by atoms with Gasteiger partial charge in [0.1, 0.15) is 0 Å². The van der Waals surface area contributed by atoms with Crippen LogP contribution in [-0.4, -0.2) is 15.0 Å². The molecule has 0 fully saturated rings. The van der Waals surface area contributed by atoms with Gasteiger partial charge in [0.15, 0.2) is 0 Å². The molecule has 0 aliphatic heterocycles. The number of anilines is 2. The zero-order valence-electron chi connectivity index (χ0n) is 9.72. The van der Waals surface area contributed by atoms with Gasteiger partial charge in [-0.1, -0.05) is 18.2 Å². The van der Waals surface area contributed by atoms with Gasteiger partial charge in [0.25, 0.3) is 0 Å².